The van der Waals surface area contributed by atoms with Gasteiger partial charge in [-0.1, -0.05) is 0 Å². The quantitative estimate of drug-likeness (QED) is 0.832. The SMILES string of the molecule is COc1nc(Cl)nc(Oc2ccc(C)nc2)n1. The molecule has 0 unspecified atom stereocenters. The van der Waals surface area contributed by atoms with E-state index in [9.17, 15) is 0 Å². The molecule has 0 spiro atoms. The third kappa shape index (κ3) is 3.01. The van der Waals surface area contributed by atoms with E-state index >= 15 is 0 Å². The van der Waals surface area contributed by atoms with Gasteiger partial charge in [0.15, 0.2) is 0 Å². The van der Waals surface area contributed by atoms with Gasteiger partial charge in [-0.25, -0.2) is 0 Å². The molecule has 0 aliphatic rings. The van der Waals surface area contributed by atoms with Gasteiger partial charge in [-0.3, -0.25) is 4.98 Å². The predicted molar refractivity (Wildman–Crippen MR) is 60.4 cm³/mol. The maximum absolute atomic E-state index is 5.68. The standard InChI is InChI=1S/C10H9ClN4O2/c1-6-3-4-7(5-12-6)17-10-14-8(11)13-9(15-10)16-2/h3-5H,1-2H3. The van der Waals surface area contributed by atoms with Crippen molar-refractivity contribution in [3.63, 3.8) is 0 Å². The van der Waals surface area contributed by atoms with Crippen LogP contribution < -0.4 is 9.47 Å². The minimum absolute atomic E-state index is 0.00641. The summed E-state index contributed by atoms with van der Waals surface area (Å²) in [6.07, 6.45) is 1.57. The van der Waals surface area contributed by atoms with Gasteiger partial charge >= 0.3 is 12.0 Å². The first-order valence-electron chi connectivity index (χ1n) is 4.73. The van der Waals surface area contributed by atoms with E-state index in [-0.39, 0.29) is 17.3 Å². The van der Waals surface area contributed by atoms with Crippen molar-refractivity contribution in [3.05, 3.63) is 29.3 Å². The lowest BCUT2D eigenvalue weighted by atomic mass is 10.4. The van der Waals surface area contributed by atoms with E-state index in [0.29, 0.717) is 5.75 Å². The summed E-state index contributed by atoms with van der Waals surface area (Å²) in [6.45, 7) is 1.88. The number of hydrogen-bond acceptors (Lipinski definition) is 6. The summed E-state index contributed by atoms with van der Waals surface area (Å²) in [6, 6.07) is 3.73. The normalized spacial score (nSPS) is 10.1. The summed E-state index contributed by atoms with van der Waals surface area (Å²) in [7, 11) is 1.43. The molecule has 0 radical (unpaired) electrons. The van der Waals surface area contributed by atoms with Gasteiger partial charge < -0.3 is 9.47 Å². The van der Waals surface area contributed by atoms with Crippen molar-refractivity contribution in [1.82, 2.24) is 19.9 Å². The Morgan fingerprint density at radius 3 is 2.53 bits per heavy atom. The van der Waals surface area contributed by atoms with E-state index in [1.54, 1.807) is 12.3 Å². The second kappa shape index (κ2) is 4.92. The van der Waals surface area contributed by atoms with Crippen LogP contribution in [0.5, 0.6) is 17.8 Å². The van der Waals surface area contributed by atoms with Crippen LogP contribution in [0.25, 0.3) is 0 Å². The number of pyridine rings is 1. The van der Waals surface area contributed by atoms with Crippen molar-refractivity contribution < 1.29 is 9.47 Å². The number of aromatic nitrogens is 4. The van der Waals surface area contributed by atoms with E-state index in [2.05, 4.69) is 19.9 Å². The summed E-state index contributed by atoms with van der Waals surface area (Å²) in [5, 5.41) is 0.00641. The fourth-order valence-electron chi connectivity index (χ4n) is 1.07. The van der Waals surface area contributed by atoms with Crippen molar-refractivity contribution in [1.29, 1.82) is 0 Å². The molecule has 0 amide bonds. The number of hydrogen-bond donors (Lipinski definition) is 0. The Kier molecular flexibility index (Phi) is 3.34. The van der Waals surface area contributed by atoms with Crippen molar-refractivity contribution in [2.45, 2.75) is 6.92 Å². The van der Waals surface area contributed by atoms with E-state index in [1.807, 2.05) is 13.0 Å². The highest BCUT2D eigenvalue weighted by molar-refractivity contribution is 6.28. The van der Waals surface area contributed by atoms with Crippen LogP contribution in [0.4, 0.5) is 0 Å². The molecule has 88 valence electrons. The molecular formula is C10H9ClN4O2. The average molecular weight is 253 g/mol. The smallest absolute Gasteiger partial charge is 0.329 e. The zero-order valence-corrected chi connectivity index (χ0v) is 9.97. The Morgan fingerprint density at radius 2 is 1.88 bits per heavy atom. The zero-order valence-electron chi connectivity index (χ0n) is 9.22. The Hall–Kier alpha value is -1.95. The van der Waals surface area contributed by atoms with Gasteiger partial charge in [-0.2, -0.15) is 9.97 Å². The van der Waals surface area contributed by atoms with Gasteiger partial charge in [0.25, 0.3) is 0 Å². The Balaban J connectivity index is 2.23. The largest absolute Gasteiger partial charge is 0.467 e. The zero-order chi connectivity index (χ0) is 12.3. The van der Waals surface area contributed by atoms with Crippen LogP contribution in [0.1, 0.15) is 5.69 Å². The molecule has 6 nitrogen and oxygen atoms in total. The molecule has 2 heterocycles. The predicted octanol–water partition coefficient (Wildman–Crippen LogP) is 2.03. The highest BCUT2D eigenvalue weighted by Gasteiger charge is 2.07. The molecule has 7 heteroatoms. The van der Waals surface area contributed by atoms with Crippen LogP contribution in [0.15, 0.2) is 18.3 Å². The van der Waals surface area contributed by atoms with Crippen LogP contribution in [0.3, 0.4) is 0 Å². The highest BCUT2D eigenvalue weighted by atomic mass is 35.5. The Labute approximate surface area is 103 Å². The molecule has 0 saturated carbocycles. The number of aryl methyl sites for hydroxylation is 1. The number of rotatable bonds is 3. The minimum atomic E-state index is 0.00641. The van der Waals surface area contributed by atoms with Crippen molar-refractivity contribution in [2.75, 3.05) is 7.11 Å². The topological polar surface area (TPSA) is 70.0 Å². The summed E-state index contributed by atoms with van der Waals surface area (Å²) in [4.78, 5) is 15.5. The fraction of sp³-hybridized carbons (Fsp3) is 0.200. The molecule has 0 atom stereocenters. The van der Waals surface area contributed by atoms with E-state index in [1.165, 1.54) is 7.11 Å². The molecule has 0 aliphatic heterocycles. The van der Waals surface area contributed by atoms with Crippen molar-refractivity contribution in [3.8, 4) is 17.8 Å². The second-order valence-corrected chi connectivity index (χ2v) is 3.45. The first kappa shape index (κ1) is 11.5. The lowest BCUT2D eigenvalue weighted by Gasteiger charge is -2.04. The number of ether oxygens (including phenoxy) is 2. The Bertz CT molecular complexity index is 518. The molecular weight excluding hydrogens is 244 g/mol. The fourth-order valence-corrected chi connectivity index (χ4v) is 1.22. The van der Waals surface area contributed by atoms with Gasteiger partial charge in [-0.05, 0) is 30.7 Å². The molecule has 2 aromatic rings. The maximum atomic E-state index is 5.68. The average Bonchev–Trinajstić information content (AvgIpc) is 2.31. The van der Waals surface area contributed by atoms with E-state index in [4.69, 9.17) is 21.1 Å². The third-order valence-electron chi connectivity index (χ3n) is 1.84. The van der Waals surface area contributed by atoms with E-state index < -0.39 is 0 Å². The summed E-state index contributed by atoms with van der Waals surface area (Å²) in [5.74, 6) is 0.514. The molecule has 0 bridgehead atoms. The van der Waals surface area contributed by atoms with Crippen LogP contribution in [0.2, 0.25) is 5.28 Å². The molecule has 0 N–H and O–H groups in total. The Morgan fingerprint density at radius 1 is 1.12 bits per heavy atom. The molecule has 2 rings (SSSR count). The van der Waals surface area contributed by atoms with Gasteiger partial charge in [0.05, 0.1) is 13.3 Å². The van der Waals surface area contributed by atoms with Crippen LogP contribution in [-0.2, 0) is 0 Å². The van der Waals surface area contributed by atoms with E-state index in [0.717, 1.165) is 5.69 Å². The molecule has 2 aromatic heterocycles. The second-order valence-electron chi connectivity index (χ2n) is 3.11. The third-order valence-corrected chi connectivity index (χ3v) is 2.01. The summed E-state index contributed by atoms with van der Waals surface area (Å²) in [5.41, 5.74) is 0.892. The van der Waals surface area contributed by atoms with Crippen LogP contribution >= 0.6 is 11.6 Å². The number of methoxy groups -OCH3 is 1. The molecule has 0 fully saturated rings. The molecule has 0 aromatic carbocycles. The summed E-state index contributed by atoms with van der Waals surface area (Å²) < 4.78 is 10.2. The van der Waals surface area contributed by atoms with Crippen LogP contribution in [0, 0.1) is 6.92 Å². The molecule has 17 heavy (non-hydrogen) atoms. The molecule has 0 aliphatic carbocycles. The van der Waals surface area contributed by atoms with Gasteiger partial charge in [0.1, 0.15) is 5.75 Å². The lowest BCUT2D eigenvalue weighted by Crippen LogP contribution is -1.98. The number of nitrogens with zero attached hydrogens (tertiary/aromatic N) is 4. The van der Waals surface area contributed by atoms with Gasteiger partial charge in [0, 0.05) is 5.69 Å². The summed E-state index contributed by atoms with van der Waals surface area (Å²) >= 11 is 5.68. The van der Waals surface area contributed by atoms with Crippen LogP contribution in [-0.4, -0.2) is 27.0 Å². The first-order valence-corrected chi connectivity index (χ1v) is 5.11. The molecule has 0 saturated heterocycles. The maximum Gasteiger partial charge on any atom is 0.329 e. The lowest BCUT2D eigenvalue weighted by molar-refractivity contribution is 0.358. The van der Waals surface area contributed by atoms with Crippen molar-refractivity contribution in [2.24, 2.45) is 0 Å². The van der Waals surface area contributed by atoms with Gasteiger partial charge in [0.2, 0.25) is 5.28 Å². The number of halogens is 1. The van der Waals surface area contributed by atoms with Gasteiger partial charge in [-0.15, -0.1) is 4.98 Å². The van der Waals surface area contributed by atoms with Crippen molar-refractivity contribution >= 4 is 11.6 Å². The first-order chi connectivity index (χ1) is 8.17. The minimum Gasteiger partial charge on any atom is -0.467 e. The highest BCUT2D eigenvalue weighted by Crippen LogP contribution is 2.19. The monoisotopic (exact) mass is 252 g/mol.